The van der Waals surface area contributed by atoms with Crippen LogP contribution in [0.4, 0.5) is 0 Å². The Labute approximate surface area is 87.1 Å². The van der Waals surface area contributed by atoms with Crippen LogP contribution in [-0.4, -0.2) is 22.1 Å². The molecule has 1 aromatic carbocycles. The van der Waals surface area contributed by atoms with E-state index in [0.717, 1.165) is 5.56 Å². The van der Waals surface area contributed by atoms with Gasteiger partial charge in [-0.2, -0.15) is 5.06 Å². The van der Waals surface area contributed by atoms with Gasteiger partial charge in [0, 0.05) is 6.42 Å². The second kappa shape index (κ2) is 3.82. The summed E-state index contributed by atoms with van der Waals surface area (Å²) in [4.78, 5) is 22.4. The van der Waals surface area contributed by atoms with Crippen LogP contribution in [0, 0.1) is 5.92 Å². The maximum absolute atomic E-state index is 11.4. The van der Waals surface area contributed by atoms with E-state index in [4.69, 9.17) is 5.21 Å². The van der Waals surface area contributed by atoms with Crippen molar-refractivity contribution in [3.8, 4) is 0 Å². The monoisotopic (exact) mass is 205 g/mol. The van der Waals surface area contributed by atoms with Gasteiger partial charge in [-0.15, -0.1) is 0 Å². The van der Waals surface area contributed by atoms with Crippen LogP contribution in [0.15, 0.2) is 30.3 Å². The lowest BCUT2D eigenvalue weighted by Gasteiger charge is -2.06. The molecule has 1 aromatic rings. The SMILES string of the molecule is O=C1CC(Cc2ccccc2)C(=O)N1O. The van der Waals surface area contributed by atoms with Crippen molar-refractivity contribution in [3.63, 3.8) is 0 Å². The summed E-state index contributed by atoms with van der Waals surface area (Å²) in [7, 11) is 0. The first-order valence-corrected chi connectivity index (χ1v) is 4.78. The van der Waals surface area contributed by atoms with Gasteiger partial charge in [0.05, 0.1) is 5.92 Å². The Balaban J connectivity index is 2.09. The minimum Gasteiger partial charge on any atom is -0.279 e. The normalized spacial score (nSPS) is 21.1. The fourth-order valence-electron chi connectivity index (χ4n) is 1.74. The molecule has 4 heteroatoms. The third-order valence-corrected chi connectivity index (χ3v) is 2.54. The van der Waals surface area contributed by atoms with Crippen LogP contribution >= 0.6 is 0 Å². The summed E-state index contributed by atoms with van der Waals surface area (Å²) in [6, 6.07) is 9.46. The maximum Gasteiger partial charge on any atom is 0.257 e. The third kappa shape index (κ3) is 1.89. The van der Waals surface area contributed by atoms with E-state index < -0.39 is 17.7 Å². The highest BCUT2D eigenvalue weighted by Gasteiger charge is 2.37. The van der Waals surface area contributed by atoms with Gasteiger partial charge in [-0.1, -0.05) is 30.3 Å². The molecule has 4 nitrogen and oxygen atoms in total. The van der Waals surface area contributed by atoms with Gasteiger partial charge >= 0.3 is 0 Å². The molecule has 1 heterocycles. The van der Waals surface area contributed by atoms with Crippen LogP contribution in [0.2, 0.25) is 0 Å². The number of hydrogen-bond acceptors (Lipinski definition) is 3. The number of carbonyl (C=O) groups is 2. The third-order valence-electron chi connectivity index (χ3n) is 2.54. The second-order valence-electron chi connectivity index (χ2n) is 3.63. The van der Waals surface area contributed by atoms with Crippen molar-refractivity contribution in [2.75, 3.05) is 0 Å². The van der Waals surface area contributed by atoms with Crippen LogP contribution in [0.1, 0.15) is 12.0 Å². The minimum absolute atomic E-state index is 0.101. The number of carbonyl (C=O) groups excluding carboxylic acids is 2. The fraction of sp³-hybridized carbons (Fsp3) is 0.273. The van der Waals surface area contributed by atoms with Gasteiger partial charge in [-0.3, -0.25) is 14.8 Å². The molecule has 0 radical (unpaired) electrons. The average Bonchev–Trinajstić information content (AvgIpc) is 2.48. The van der Waals surface area contributed by atoms with Crippen molar-refractivity contribution in [1.29, 1.82) is 0 Å². The Hall–Kier alpha value is -1.68. The topological polar surface area (TPSA) is 57.6 Å². The summed E-state index contributed by atoms with van der Waals surface area (Å²) in [6.07, 6.45) is 0.604. The summed E-state index contributed by atoms with van der Waals surface area (Å²) in [5.74, 6) is -1.42. The first-order valence-electron chi connectivity index (χ1n) is 4.78. The minimum atomic E-state index is -0.513. The summed E-state index contributed by atoms with van der Waals surface area (Å²) >= 11 is 0. The van der Waals surface area contributed by atoms with E-state index in [2.05, 4.69) is 0 Å². The zero-order chi connectivity index (χ0) is 10.8. The Bertz CT molecular complexity index is 388. The molecule has 1 aliphatic rings. The van der Waals surface area contributed by atoms with E-state index >= 15 is 0 Å². The van der Waals surface area contributed by atoms with Gasteiger partial charge in [0.1, 0.15) is 0 Å². The largest absolute Gasteiger partial charge is 0.279 e. The van der Waals surface area contributed by atoms with Crippen molar-refractivity contribution in [2.45, 2.75) is 12.8 Å². The van der Waals surface area contributed by atoms with E-state index in [1.807, 2.05) is 30.3 Å². The van der Waals surface area contributed by atoms with Gasteiger partial charge in [0.25, 0.3) is 11.8 Å². The molecule has 0 aliphatic carbocycles. The van der Waals surface area contributed by atoms with Gasteiger partial charge < -0.3 is 0 Å². The van der Waals surface area contributed by atoms with Crippen molar-refractivity contribution in [2.24, 2.45) is 5.92 Å². The molecule has 1 atom stereocenters. The van der Waals surface area contributed by atoms with Gasteiger partial charge in [0.2, 0.25) is 0 Å². The smallest absolute Gasteiger partial charge is 0.257 e. The lowest BCUT2D eigenvalue weighted by molar-refractivity contribution is -0.172. The van der Waals surface area contributed by atoms with Gasteiger partial charge in [-0.25, -0.2) is 0 Å². The van der Waals surface area contributed by atoms with Crippen molar-refractivity contribution < 1.29 is 14.8 Å². The van der Waals surface area contributed by atoms with Gasteiger partial charge in [-0.05, 0) is 12.0 Å². The molecule has 1 saturated heterocycles. The van der Waals surface area contributed by atoms with Crippen molar-refractivity contribution in [1.82, 2.24) is 5.06 Å². The first-order chi connectivity index (χ1) is 7.18. The highest BCUT2D eigenvalue weighted by Crippen LogP contribution is 2.21. The van der Waals surface area contributed by atoms with E-state index in [-0.39, 0.29) is 11.5 Å². The Kier molecular flexibility index (Phi) is 2.51. The number of imide groups is 1. The molecule has 2 amide bonds. The van der Waals surface area contributed by atoms with Crippen LogP contribution in [-0.2, 0) is 16.0 Å². The van der Waals surface area contributed by atoms with Crippen LogP contribution < -0.4 is 0 Å². The molecular formula is C11H11NO3. The van der Waals surface area contributed by atoms with Crippen LogP contribution in [0.5, 0.6) is 0 Å². The number of hydrogen-bond donors (Lipinski definition) is 1. The zero-order valence-corrected chi connectivity index (χ0v) is 8.09. The second-order valence-corrected chi connectivity index (χ2v) is 3.63. The number of hydroxylamine groups is 2. The average molecular weight is 205 g/mol. The number of benzene rings is 1. The summed E-state index contributed by atoms with van der Waals surface area (Å²) < 4.78 is 0. The molecule has 0 saturated carbocycles. The van der Waals surface area contributed by atoms with E-state index in [0.29, 0.717) is 6.42 Å². The zero-order valence-electron chi connectivity index (χ0n) is 8.09. The number of nitrogens with zero attached hydrogens (tertiary/aromatic N) is 1. The quantitative estimate of drug-likeness (QED) is 0.578. The van der Waals surface area contributed by atoms with Crippen molar-refractivity contribution in [3.05, 3.63) is 35.9 Å². The van der Waals surface area contributed by atoms with Crippen molar-refractivity contribution >= 4 is 11.8 Å². The molecule has 1 N–H and O–H groups in total. The molecule has 0 spiro atoms. The number of amides is 2. The molecule has 0 bridgehead atoms. The van der Waals surface area contributed by atoms with Gasteiger partial charge in [0.15, 0.2) is 0 Å². The Morgan fingerprint density at radius 1 is 1.27 bits per heavy atom. The summed E-state index contributed by atoms with van der Waals surface area (Å²) in [5, 5.41) is 9.28. The fourth-order valence-corrected chi connectivity index (χ4v) is 1.74. The molecular weight excluding hydrogens is 194 g/mol. The molecule has 0 aromatic heterocycles. The van der Waals surface area contributed by atoms with Crippen LogP contribution in [0.3, 0.4) is 0 Å². The molecule has 1 fully saturated rings. The maximum atomic E-state index is 11.4. The molecule has 1 unspecified atom stereocenters. The summed E-state index contributed by atoms with van der Waals surface area (Å²) in [5.41, 5.74) is 0.999. The lowest BCUT2D eigenvalue weighted by Crippen LogP contribution is -2.27. The number of rotatable bonds is 2. The predicted molar refractivity (Wildman–Crippen MR) is 51.9 cm³/mol. The van der Waals surface area contributed by atoms with Crippen LogP contribution in [0.25, 0.3) is 0 Å². The first kappa shape index (κ1) is 9.86. The lowest BCUT2D eigenvalue weighted by atomic mass is 9.98. The molecule has 78 valence electrons. The highest BCUT2D eigenvalue weighted by atomic mass is 16.5. The Morgan fingerprint density at radius 3 is 2.47 bits per heavy atom. The summed E-state index contributed by atoms with van der Waals surface area (Å²) in [6.45, 7) is 0. The highest BCUT2D eigenvalue weighted by molar-refractivity contribution is 6.02. The molecule has 2 rings (SSSR count). The standard InChI is InChI=1S/C11H11NO3/c13-10-7-9(11(14)12(10)15)6-8-4-2-1-3-5-8/h1-5,9,15H,6-7H2. The predicted octanol–water partition coefficient (Wildman–Crippen LogP) is 0.993. The molecule has 1 aliphatic heterocycles. The van der Waals surface area contributed by atoms with E-state index in [1.54, 1.807) is 0 Å². The van der Waals surface area contributed by atoms with E-state index in [9.17, 15) is 9.59 Å². The molecule has 15 heavy (non-hydrogen) atoms. The van der Waals surface area contributed by atoms with E-state index in [1.165, 1.54) is 0 Å². The Morgan fingerprint density at radius 2 is 1.93 bits per heavy atom.